The van der Waals surface area contributed by atoms with E-state index in [1.54, 1.807) is 0 Å². The predicted octanol–water partition coefficient (Wildman–Crippen LogP) is 7.30. The normalized spacial score (nSPS) is 11.4. The molecule has 0 atom stereocenters. The van der Waals surface area contributed by atoms with Gasteiger partial charge < -0.3 is 8.98 Å². The van der Waals surface area contributed by atoms with E-state index in [4.69, 9.17) is 14.4 Å². The molecule has 6 rings (SSSR count). The lowest BCUT2D eigenvalue weighted by atomic mass is 9.97. The van der Waals surface area contributed by atoms with E-state index in [0.717, 1.165) is 39.3 Å². The van der Waals surface area contributed by atoms with Crippen molar-refractivity contribution in [2.24, 2.45) is 0 Å². The van der Waals surface area contributed by atoms with Gasteiger partial charge in [0.05, 0.1) is 12.2 Å². The number of oxazole rings is 1. The molecule has 6 aromatic rings. The maximum atomic E-state index is 6.21. The van der Waals surface area contributed by atoms with Gasteiger partial charge in [-0.05, 0) is 30.2 Å². The van der Waals surface area contributed by atoms with E-state index in [9.17, 15) is 0 Å². The summed E-state index contributed by atoms with van der Waals surface area (Å²) in [5, 5.41) is 0. The fourth-order valence-corrected chi connectivity index (χ4v) is 4.44. The number of nitrogens with zero attached hydrogens (tertiary/aromatic N) is 3. The number of fused-ring (bicyclic) bond motifs is 1. The van der Waals surface area contributed by atoms with Crippen LogP contribution in [0.5, 0.6) is 0 Å². The zero-order chi connectivity index (χ0) is 22.9. The van der Waals surface area contributed by atoms with Crippen LogP contribution >= 0.6 is 0 Å². The number of aromatic nitrogens is 3. The molecule has 0 spiro atoms. The van der Waals surface area contributed by atoms with Gasteiger partial charge in [0, 0.05) is 5.56 Å². The summed E-state index contributed by atoms with van der Waals surface area (Å²) in [5.41, 5.74) is 7.02. The van der Waals surface area contributed by atoms with Crippen LogP contribution in [0.4, 0.5) is 0 Å². The van der Waals surface area contributed by atoms with Crippen molar-refractivity contribution in [1.29, 1.82) is 0 Å². The standard InChI is InChI=1S/C30H23N3O/c1-21-16-18-24(19-17-21)29-31-20-26(30-32-25-14-8-9-15-27(25)34-30)33(29)28(22-10-4-2-5-11-22)23-12-6-3-7-13-23/h2-20,28H,1H3. The number of imidazole rings is 1. The number of para-hydroxylation sites is 2. The molecule has 2 aromatic heterocycles. The lowest BCUT2D eigenvalue weighted by Crippen LogP contribution is -2.15. The molecule has 0 bridgehead atoms. The number of benzene rings is 4. The zero-order valence-corrected chi connectivity index (χ0v) is 18.8. The molecular formula is C30H23N3O. The number of hydrogen-bond donors (Lipinski definition) is 0. The van der Waals surface area contributed by atoms with Crippen LogP contribution in [0.3, 0.4) is 0 Å². The first kappa shape index (κ1) is 20.2. The maximum absolute atomic E-state index is 6.21. The minimum Gasteiger partial charge on any atom is -0.435 e. The van der Waals surface area contributed by atoms with E-state index < -0.39 is 0 Å². The highest BCUT2D eigenvalue weighted by Gasteiger charge is 2.26. The third-order valence-electron chi connectivity index (χ3n) is 6.11. The lowest BCUT2D eigenvalue weighted by Gasteiger charge is -2.24. The van der Waals surface area contributed by atoms with Crippen LogP contribution in [0.15, 0.2) is 120 Å². The van der Waals surface area contributed by atoms with Gasteiger partial charge in [-0.3, -0.25) is 0 Å². The van der Waals surface area contributed by atoms with Crippen LogP contribution in [0.2, 0.25) is 0 Å². The van der Waals surface area contributed by atoms with Crippen molar-refractivity contribution in [3.05, 3.63) is 132 Å². The fourth-order valence-electron chi connectivity index (χ4n) is 4.44. The highest BCUT2D eigenvalue weighted by Crippen LogP contribution is 2.37. The van der Waals surface area contributed by atoms with Crippen molar-refractivity contribution in [3.8, 4) is 23.0 Å². The first-order valence-electron chi connectivity index (χ1n) is 11.4. The molecule has 0 N–H and O–H groups in total. The Labute approximate surface area is 198 Å². The van der Waals surface area contributed by atoms with Crippen LogP contribution in [0.25, 0.3) is 34.1 Å². The van der Waals surface area contributed by atoms with E-state index in [2.05, 4.69) is 84.3 Å². The van der Waals surface area contributed by atoms with E-state index >= 15 is 0 Å². The summed E-state index contributed by atoms with van der Waals surface area (Å²) in [4.78, 5) is 9.70. The Kier molecular flexibility index (Phi) is 5.04. The second-order valence-corrected chi connectivity index (χ2v) is 8.41. The molecule has 34 heavy (non-hydrogen) atoms. The van der Waals surface area contributed by atoms with Gasteiger partial charge in [0.1, 0.15) is 17.0 Å². The van der Waals surface area contributed by atoms with Gasteiger partial charge in [-0.25, -0.2) is 9.97 Å². The molecule has 2 heterocycles. The molecule has 4 heteroatoms. The Morgan fingerprint density at radius 3 is 1.97 bits per heavy atom. The minimum atomic E-state index is -0.105. The summed E-state index contributed by atoms with van der Waals surface area (Å²) in [6.45, 7) is 2.09. The number of aryl methyl sites for hydroxylation is 1. The highest BCUT2D eigenvalue weighted by atomic mass is 16.3. The molecule has 0 aliphatic rings. The van der Waals surface area contributed by atoms with Gasteiger partial charge in [-0.15, -0.1) is 0 Å². The predicted molar refractivity (Wildman–Crippen MR) is 136 cm³/mol. The summed E-state index contributed by atoms with van der Waals surface area (Å²) < 4.78 is 8.46. The molecular weight excluding hydrogens is 418 g/mol. The Balaban J connectivity index is 1.64. The van der Waals surface area contributed by atoms with Crippen LogP contribution in [-0.4, -0.2) is 14.5 Å². The van der Waals surface area contributed by atoms with E-state index in [1.807, 2.05) is 42.6 Å². The van der Waals surface area contributed by atoms with E-state index in [0.29, 0.717) is 5.89 Å². The Morgan fingerprint density at radius 2 is 1.32 bits per heavy atom. The smallest absolute Gasteiger partial charge is 0.245 e. The first-order valence-corrected chi connectivity index (χ1v) is 11.4. The maximum Gasteiger partial charge on any atom is 0.245 e. The average Bonchev–Trinajstić information content (AvgIpc) is 3.51. The molecule has 0 saturated heterocycles. The minimum absolute atomic E-state index is 0.105. The Hall–Kier alpha value is -4.44. The largest absolute Gasteiger partial charge is 0.435 e. The molecule has 0 radical (unpaired) electrons. The molecule has 4 aromatic carbocycles. The summed E-state index contributed by atoms with van der Waals surface area (Å²) in [6, 6.07) is 37.3. The van der Waals surface area contributed by atoms with Crippen molar-refractivity contribution >= 4 is 11.1 Å². The van der Waals surface area contributed by atoms with Gasteiger partial charge >= 0.3 is 0 Å². The molecule has 0 fully saturated rings. The molecule has 0 aliphatic carbocycles. The molecule has 164 valence electrons. The van der Waals surface area contributed by atoms with E-state index in [-0.39, 0.29) is 6.04 Å². The Bertz CT molecular complexity index is 1480. The topological polar surface area (TPSA) is 43.9 Å². The number of rotatable bonds is 5. The first-order chi connectivity index (χ1) is 16.8. The third-order valence-corrected chi connectivity index (χ3v) is 6.11. The van der Waals surface area contributed by atoms with Crippen LogP contribution in [0.1, 0.15) is 22.7 Å². The Morgan fingerprint density at radius 1 is 0.706 bits per heavy atom. The average molecular weight is 442 g/mol. The van der Waals surface area contributed by atoms with Gasteiger partial charge in [0.25, 0.3) is 0 Å². The van der Waals surface area contributed by atoms with Crippen molar-refractivity contribution in [2.45, 2.75) is 13.0 Å². The molecule has 0 amide bonds. The van der Waals surface area contributed by atoms with Crippen molar-refractivity contribution in [1.82, 2.24) is 14.5 Å². The van der Waals surface area contributed by atoms with Gasteiger partial charge in [-0.1, -0.05) is 103 Å². The summed E-state index contributed by atoms with van der Waals surface area (Å²) in [6.07, 6.45) is 1.87. The lowest BCUT2D eigenvalue weighted by molar-refractivity contribution is 0.599. The molecule has 4 nitrogen and oxygen atoms in total. The second kappa shape index (κ2) is 8.49. The third kappa shape index (κ3) is 3.59. The summed E-state index contributed by atoms with van der Waals surface area (Å²) in [5.74, 6) is 1.43. The van der Waals surface area contributed by atoms with Gasteiger partial charge in [0.15, 0.2) is 5.58 Å². The van der Waals surface area contributed by atoms with Crippen molar-refractivity contribution in [2.75, 3.05) is 0 Å². The van der Waals surface area contributed by atoms with Crippen LogP contribution in [-0.2, 0) is 0 Å². The number of hydrogen-bond acceptors (Lipinski definition) is 3. The summed E-state index contributed by atoms with van der Waals surface area (Å²) in [7, 11) is 0. The second-order valence-electron chi connectivity index (χ2n) is 8.41. The molecule has 0 unspecified atom stereocenters. The van der Waals surface area contributed by atoms with Crippen LogP contribution in [0, 0.1) is 6.92 Å². The fraction of sp³-hybridized carbons (Fsp3) is 0.0667. The van der Waals surface area contributed by atoms with Gasteiger partial charge in [0.2, 0.25) is 5.89 Å². The summed E-state index contributed by atoms with van der Waals surface area (Å²) >= 11 is 0. The molecule has 0 aliphatic heterocycles. The molecule has 0 saturated carbocycles. The quantitative estimate of drug-likeness (QED) is 0.282. The zero-order valence-electron chi connectivity index (χ0n) is 18.8. The van der Waals surface area contributed by atoms with Gasteiger partial charge in [-0.2, -0.15) is 0 Å². The van der Waals surface area contributed by atoms with Crippen LogP contribution < -0.4 is 0 Å². The SMILES string of the molecule is Cc1ccc(-c2ncc(-c3nc4ccccc4o3)n2C(c2ccccc2)c2ccccc2)cc1. The monoisotopic (exact) mass is 441 g/mol. The van der Waals surface area contributed by atoms with E-state index in [1.165, 1.54) is 5.56 Å². The highest BCUT2D eigenvalue weighted by molar-refractivity contribution is 5.76. The van der Waals surface area contributed by atoms with Crippen molar-refractivity contribution < 1.29 is 4.42 Å². The van der Waals surface area contributed by atoms with Crippen molar-refractivity contribution in [3.63, 3.8) is 0 Å².